The van der Waals surface area contributed by atoms with Gasteiger partial charge in [0.2, 0.25) is 0 Å². The number of hydrogen-bond acceptors (Lipinski definition) is 2. The Morgan fingerprint density at radius 1 is 1.00 bits per heavy atom. The fourth-order valence-electron chi connectivity index (χ4n) is 1.55. The normalized spacial score (nSPS) is 11.1. The zero-order valence-corrected chi connectivity index (χ0v) is 6.86. The maximum absolute atomic E-state index is 4.30. The van der Waals surface area contributed by atoms with E-state index in [-0.39, 0.29) is 0 Å². The van der Waals surface area contributed by atoms with Crippen LogP contribution in [0.5, 0.6) is 0 Å². The van der Waals surface area contributed by atoms with Crippen molar-refractivity contribution in [3.8, 4) is 0 Å². The van der Waals surface area contributed by atoms with Gasteiger partial charge in [0, 0.05) is 5.39 Å². The highest BCUT2D eigenvalue weighted by Gasteiger charge is 2.01. The number of nitrogens with zero attached hydrogens (tertiary/aromatic N) is 2. The highest BCUT2D eigenvalue weighted by molar-refractivity contribution is 6.01. The molecule has 3 nitrogen and oxygen atoms in total. The Kier molecular flexibility index (Phi) is 1.16. The Morgan fingerprint density at radius 3 is 2.92 bits per heavy atom. The van der Waals surface area contributed by atoms with E-state index in [0.717, 1.165) is 21.9 Å². The molecule has 13 heavy (non-hydrogen) atoms. The number of hydrogen-bond donors (Lipinski definition) is 1. The number of aromatic nitrogens is 3. The van der Waals surface area contributed by atoms with Crippen LogP contribution >= 0.6 is 0 Å². The van der Waals surface area contributed by atoms with Gasteiger partial charge in [-0.15, -0.1) is 0 Å². The van der Waals surface area contributed by atoms with Crippen LogP contribution in [0.3, 0.4) is 0 Å². The second kappa shape index (κ2) is 2.29. The van der Waals surface area contributed by atoms with Gasteiger partial charge in [-0.25, -0.2) is 4.98 Å². The molecule has 0 spiro atoms. The summed E-state index contributed by atoms with van der Waals surface area (Å²) in [5, 5.41) is 1.12. The molecule has 0 aliphatic heterocycles. The molecule has 0 unspecified atom stereocenters. The second-order valence-electron chi connectivity index (χ2n) is 2.94. The monoisotopic (exact) mass is 169 g/mol. The van der Waals surface area contributed by atoms with Crippen LogP contribution in [0.4, 0.5) is 0 Å². The number of aromatic amines is 1. The van der Waals surface area contributed by atoms with Crippen molar-refractivity contribution in [1.29, 1.82) is 0 Å². The third-order valence-electron chi connectivity index (χ3n) is 2.17. The first kappa shape index (κ1) is 6.60. The van der Waals surface area contributed by atoms with Crippen LogP contribution in [0.1, 0.15) is 0 Å². The molecule has 0 atom stereocenters. The molecule has 2 heterocycles. The molecule has 0 aliphatic rings. The molecule has 3 rings (SSSR count). The highest BCUT2D eigenvalue weighted by atomic mass is 14.9. The zero-order chi connectivity index (χ0) is 8.67. The molecule has 0 saturated carbocycles. The molecule has 0 amide bonds. The molecular weight excluding hydrogens is 162 g/mol. The van der Waals surface area contributed by atoms with E-state index in [1.165, 1.54) is 0 Å². The van der Waals surface area contributed by atoms with Crippen molar-refractivity contribution in [3.05, 3.63) is 36.8 Å². The van der Waals surface area contributed by atoms with Crippen LogP contribution < -0.4 is 0 Å². The summed E-state index contributed by atoms with van der Waals surface area (Å²) in [4.78, 5) is 11.6. The first-order chi connectivity index (χ1) is 6.45. The van der Waals surface area contributed by atoms with Crippen LogP contribution in [0.15, 0.2) is 36.8 Å². The van der Waals surface area contributed by atoms with Crippen molar-refractivity contribution < 1.29 is 0 Å². The average molecular weight is 169 g/mol. The molecule has 2 aromatic heterocycles. The summed E-state index contributed by atoms with van der Waals surface area (Å²) in [6.07, 6.45) is 3.48. The molecule has 3 heteroatoms. The molecule has 0 bridgehead atoms. The molecule has 0 radical (unpaired) electrons. The lowest BCUT2D eigenvalue weighted by Gasteiger charge is -1.95. The number of rotatable bonds is 0. The largest absolute Gasteiger partial charge is 0.344 e. The quantitative estimate of drug-likeness (QED) is 0.560. The minimum atomic E-state index is 0.915. The SMILES string of the molecule is c1ccc2c(c1)ncc1nc[nH]c12. The first-order valence-electron chi connectivity index (χ1n) is 4.12. The van der Waals surface area contributed by atoms with Crippen molar-refractivity contribution in [2.75, 3.05) is 0 Å². The summed E-state index contributed by atoms with van der Waals surface area (Å²) in [5.74, 6) is 0. The summed E-state index contributed by atoms with van der Waals surface area (Å²) in [7, 11) is 0. The number of fused-ring (bicyclic) bond motifs is 3. The number of nitrogens with one attached hydrogen (secondary N) is 1. The number of imidazole rings is 1. The maximum Gasteiger partial charge on any atom is 0.107 e. The minimum Gasteiger partial charge on any atom is -0.344 e. The van der Waals surface area contributed by atoms with E-state index < -0.39 is 0 Å². The van der Waals surface area contributed by atoms with Gasteiger partial charge in [-0.2, -0.15) is 0 Å². The van der Waals surface area contributed by atoms with Crippen molar-refractivity contribution in [3.63, 3.8) is 0 Å². The topological polar surface area (TPSA) is 41.6 Å². The highest BCUT2D eigenvalue weighted by Crippen LogP contribution is 2.19. The van der Waals surface area contributed by atoms with E-state index in [4.69, 9.17) is 0 Å². The third-order valence-corrected chi connectivity index (χ3v) is 2.17. The van der Waals surface area contributed by atoms with Crippen LogP contribution in [0, 0.1) is 0 Å². The van der Waals surface area contributed by atoms with Crippen molar-refractivity contribution >= 4 is 21.9 Å². The van der Waals surface area contributed by atoms with E-state index in [1.54, 1.807) is 12.5 Å². The summed E-state index contributed by atoms with van der Waals surface area (Å²) in [6, 6.07) is 8.03. The zero-order valence-electron chi connectivity index (χ0n) is 6.86. The van der Waals surface area contributed by atoms with Gasteiger partial charge in [0.1, 0.15) is 5.52 Å². The minimum absolute atomic E-state index is 0.915. The van der Waals surface area contributed by atoms with Gasteiger partial charge in [0.25, 0.3) is 0 Å². The number of para-hydroxylation sites is 1. The van der Waals surface area contributed by atoms with E-state index in [2.05, 4.69) is 15.0 Å². The Labute approximate surface area is 74.4 Å². The Morgan fingerprint density at radius 2 is 1.92 bits per heavy atom. The summed E-state index contributed by atoms with van der Waals surface area (Å²) in [6.45, 7) is 0. The first-order valence-corrected chi connectivity index (χ1v) is 4.12. The fraction of sp³-hybridized carbons (Fsp3) is 0. The summed E-state index contributed by atoms with van der Waals surface area (Å²) >= 11 is 0. The van der Waals surface area contributed by atoms with Crippen molar-refractivity contribution in [2.24, 2.45) is 0 Å². The molecule has 0 fully saturated rings. The molecule has 3 aromatic rings. The summed E-state index contributed by atoms with van der Waals surface area (Å²) < 4.78 is 0. The molecular formula is C10H7N3. The van der Waals surface area contributed by atoms with Gasteiger partial charge < -0.3 is 4.98 Å². The van der Waals surface area contributed by atoms with Gasteiger partial charge in [-0.1, -0.05) is 18.2 Å². The molecule has 1 aromatic carbocycles. The van der Waals surface area contributed by atoms with Gasteiger partial charge in [0.05, 0.1) is 23.6 Å². The molecule has 1 N–H and O–H groups in total. The second-order valence-corrected chi connectivity index (χ2v) is 2.94. The van der Waals surface area contributed by atoms with Gasteiger partial charge >= 0.3 is 0 Å². The van der Waals surface area contributed by atoms with Gasteiger partial charge in [0.15, 0.2) is 0 Å². The maximum atomic E-state index is 4.30. The van der Waals surface area contributed by atoms with E-state index in [0.29, 0.717) is 0 Å². The predicted octanol–water partition coefficient (Wildman–Crippen LogP) is 2.11. The lowest BCUT2D eigenvalue weighted by molar-refractivity contribution is 1.34. The van der Waals surface area contributed by atoms with Crippen molar-refractivity contribution in [1.82, 2.24) is 15.0 Å². The standard InChI is InChI=1S/C10H7N3/c1-2-4-8-7(3-1)10-9(5-11-8)12-6-13-10/h1-6H,(H,12,13). The number of pyridine rings is 1. The molecule has 0 aliphatic carbocycles. The summed E-state index contributed by atoms with van der Waals surface area (Å²) in [5.41, 5.74) is 2.98. The van der Waals surface area contributed by atoms with E-state index in [1.807, 2.05) is 24.3 Å². The van der Waals surface area contributed by atoms with E-state index >= 15 is 0 Å². The van der Waals surface area contributed by atoms with Crippen LogP contribution in [-0.4, -0.2) is 15.0 Å². The fourth-order valence-corrected chi connectivity index (χ4v) is 1.55. The van der Waals surface area contributed by atoms with Crippen LogP contribution in [0.25, 0.3) is 21.9 Å². The van der Waals surface area contributed by atoms with Gasteiger partial charge in [-0.05, 0) is 6.07 Å². The number of H-pyrrole nitrogens is 1. The lowest BCUT2D eigenvalue weighted by Crippen LogP contribution is -1.79. The Balaban J connectivity index is 2.65. The number of benzene rings is 1. The predicted molar refractivity (Wildman–Crippen MR) is 51.4 cm³/mol. The van der Waals surface area contributed by atoms with Crippen molar-refractivity contribution in [2.45, 2.75) is 0 Å². The Bertz CT molecular complexity index is 568. The van der Waals surface area contributed by atoms with Crippen LogP contribution in [-0.2, 0) is 0 Å². The van der Waals surface area contributed by atoms with Gasteiger partial charge in [-0.3, -0.25) is 4.98 Å². The van der Waals surface area contributed by atoms with E-state index in [9.17, 15) is 0 Å². The lowest BCUT2D eigenvalue weighted by atomic mass is 10.2. The third kappa shape index (κ3) is 0.839. The molecule has 62 valence electrons. The van der Waals surface area contributed by atoms with Crippen LogP contribution in [0.2, 0.25) is 0 Å². The molecule has 0 saturated heterocycles. The Hall–Kier alpha value is -1.90. The smallest absolute Gasteiger partial charge is 0.107 e. The average Bonchev–Trinajstić information content (AvgIpc) is 2.65.